The summed E-state index contributed by atoms with van der Waals surface area (Å²) in [5.74, 6) is 1.61. The van der Waals surface area contributed by atoms with Crippen molar-refractivity contribution in [2.24, 2.45) is 5.92 Å². The van der Waals surface area contributed by atoms with Gasteiger partial charge in [-0.3, -0.25) is 0 Å². The van der Waals surface area contributed by atoms with Crippen molar-refractivity contribution in [1.82, 2.24) is 20.1 Å². The minimum Gasteiger partial charge on any atom is -0.374 e. The van der Waals surface area contributed by atoms with Gasteiger partial charge in [0.1, 0.15) is 12.2 Å². The molecule has 1 N–H and O–H groups in total. The van der Waals surface area contributed by atoms with E-state index in [-0.39, 0.29) is 5.60 Å². The topological polar surface area (TPSA) is 52.0 Å². The first kappa shape index (κ1) is 15.1. The second-order valence-electron chi connectivity index (χ2n) is 5.88. The number of rotatable bonds is 7. The quantitative estimate of drug-likeness (QED) is 0.806. The van der Waals surface area contributed by atoms with E-state index < -0.39 is 0 Å². The summed E-state index contributed by atoms with van der Waals surface area (Å²) in [5.41, 5.74) is -0.101. The Labute approximate surface area is 110 Å². The van der Waals surface area contributed by atoms with Crippen LogP contribution < -0.4 is 5.32 Å². The average molecular weight is 254 g/mol. The van der Waals surface area contributed by atoms with Crippen LogP contribution in [-0.4, -0.2) is 33.5 Å². The fraction of sp³-hybridized carbons (Fsp3) is 0.846. The van der Waals surface area contributed by atoms with Crippen LogP contribution in [0, 0.1) is 5.92 Å². The molecule has 0 saturated heterocycles. The Morgan fingerprint density at radius 1 is 1.39 bits per heavy atom. The molecule has 0 aliphatic heterocycles. The molecule has 0 saturated carbocycles. The maximum absolute atomic E-state index is 5.69. The van der Waals surface area contributed by atoms with Crippen molar-refractivity contribution in [2.75, 3.05) is 13.2 Å². The van der Waals surface area contributed by atoms with Gasteiger partial charge in [0, 0.05) is 0 Å². The van der Waals surface area contributed by atoms with E-state index in [0.29, 0.717) is 12.5 Å². The molecule has 0 fully saturated rings. The van der Waals surface area contributed by atoms with Crippen molar-refractivity contribution in [1.29, 1.82) is 0 Å². The maximum Gasteiger partial charge on any atom is 0.140 e. The Morgan fingerprint density at radius 3 is 2.72 bits per heavy atom. The summed E-state index contributed by atoms with van der Waals surface area (Å²) in [5, 5.41) is 7.59. The van der Waals surface area contributed by atoms with Gasteiger partial charge in [0.05, 0.1) is 25.3 Å². The van der Waals surface area contributed by atoms with Gasteiger partial charge in [0.15, 0.2) is 0 Å². The number of hydrogen-bond acceptors (Lipinski definition) is 4. The third-order valence-corrected chi connectivity index (χ3v) is 2.37. The third-order valence-electron chi connectivity index (χ3n) is 2.37. The molecule has 1 aromatic heterocycles. The van der Waals surface area contributed by atoms with Gasteiger partial charge in [-0.25, -0.2) is 9.67 Å². The van der Waals surface area contributed by atoms with Crippen molar-refractivity contribution in [3.63, 3.8) is 0 Å². The second-order valence-corrected chi connectivity index (χ2v) is 5.88. The molecule has 18 heavy (non-hydrogen) atoms. The van der Waals surface area contributed by atoms with Crippen LogP contribution in [0.5, 0.6) is 0 Å². The van der Waals surface area contributed by atoms with E-state index in [4.69, 9.17) is 4.74 Å². The predicted octanol–water partition coefficient (Wildman–Crippen LogP) is 1.84. The largest absolute Gasteiger partial charge is 0.374 e. The lowest BCUT2D eigenvalue weighted by atomic mass is 10.2. The lowest BCUT2D eigenvalue weighted by molar-refractivity contribution is -0.00823. The summed E-state index contributed by atoms with van der Waals surface area (Å²) in [6.45, 7) is 13.7. The fourth-order valence-corrected chi connectivity index (χ4v) is 1.52. The molecular formula is C13H26N4O. The monoisotopic (exact) mass is 254 g/mol. The molecule has 0 aliphatic rings. The molecule has 1 rings (SSSR count). The minimum absolute atomic E-state index is 0.101. The molecular weight excluding hydrogens is 228 g/mol. The standard InChI is InChI=1S/C13H26N4O/c1-11(2)8-14-9-12-15-10-16-17(12)6-7-18-13(3,4)5/h10-11,14H,6-9H2,1-5H3. The molecule has 0 amide bonds. The molecule has 1 aromatic rings. The van der Waals surface area contributed by atoms with Crippen LogP contribution >= 0.6 is 0 Å². The summed E-state index contributed by atoms with van der Waals surface area (Å²) < 4.78 is 7.59. The van der Waals surface area contributed by atoms with Crippen molar-refractivity contribution in [3.8, 4) is 0 Å². The lowest BCUT2D eigenvalue weighted by Gasteiger charge is -2.19. The van der Waals surface area contributed by atoms with Gasteiger partial charge in [0.25, 0.3) is 0 Å². The highest BCUT2D eigenvalue weighted by molar-refractivity contribution is 4.83. The van der Waals surface area contributed by atoms with E-state index >= 15 is 0 Å². The van der Waals surface area contributed by atoms with Crippen LogP contribution in [0.4, 0.5) is 0 Å². The number of hydrogen-bond donors (Lipinski definition) is 1. The van der Waals surface area contributed by atoms with Crippen LogP contribution in [0.2, 0.25) is 0 Å². The highest BCUT2D eigenvalue weighted by atomic mass is 16.5. The Morgan fingerprint density at radius 2 is 2.11 bits per heavy atom. The second kappa shape index (κ2) is 6.85. The van der Waals surface area contributed by atoms with E-state index in [1.165, 1.54) is 0 Å². The van der Waals surface area contributed by atoms with Gasteiger partial charge < -0.3 is 10.1 Å². The molecule has 104 valence electrons. The van der Waals surface area contributed by atoms with Gasteiger partial charge in [-0.05, 0) is 33.2 Å². The van der Waals surface area contributed by atoms with Crippen LogP contribution in [0.15, 0.2) is 6.33 Å². The zero-order valence-corrected chi connectivity index (χ0v) is 12.2. The van der Waals surface area contributed by atoms with E-state index in [9.17, 15) is 0 Å². The van der Waals surface area contributed by atoms with E-state index in [1.54, 1.807) is 6.33 Å². The number of nitrogens with zero attached hydrogens (tertiary/aromatic N) is 3. The molecule has 0 aliphatic carbocycles. The third kappa shape index (κ3) is 6.12. The normalized spacial score (nSPS) is 12.3. The van der Waals surface area contributed by atoms with Crippen LogP contribution in [0.25, 0.3) is 0 Å². The zero-order valence-electron chi connectivity index (χ0n) is 12.2. The van der Waals surface area contributed by atoms with Crippen molar-refractivity contribution in [3.05, 3.63) is 12.2 Å². The van der Waals surface area contributed by atoms with Gasteiger partial charge in [-0.1, -0.05) is 13.8 Å². The van der Waals surface area contributed by atoms with Gasteiger partial charge >= 0.3 is 0 Å². The molecule has 0 bridgehead atoms. The highest BCUT2D eigenvalue weighted by Crippen LogP contribution is 2.06. The smallest absolute Gasteiger partial charge is 0.140 e. The van der Waals surface area contributed by atoms with Crippen molar-refractivity contribution < 1.29 is 4.74 Å². The Hall–Kier alpha value is -0.940. The molecule has 5 heteroatoms. The molecule has 5 nitrogen and oxygen atoms in total. The molecule has 0 aromatic carbocycles. The Bertz CT molecular complexity index is 341. The fourth-order valence-electron chi connectivity index (χ4n) is 1.52. The van der Waals surface area contributed by atoms with Crippen LogP contribution in [-0.2, 0) is 17.8 Å². The predicted molar refractivity (Wildman–Crippen MR) is 72.3 cm³/mol. The highest BCUT2D eigenvalue weighted by Gasteiger charge is 2.10. The first-order valence-electron chi connectivity index (χ1n) is 6.60. The molecule has 0 spiro atoms. The molecule has 0 unspecified atom stereocenters. The van der Waals surface area contributed by atoms with Gasteiger partial charge in [-0.2, -0.15) is 5.10 Å². The summed E-state index contributed by atoms with van der Waals surface area (Å²) in [6, 6.07) is 0. The first-order chi connectivity index (χ1) is 8.38. The number of ether oxygens (including phenoxy) is 1. The Kier molecular flexibility index (Phi) is 5.75. The maximum atomic E-state index is 5.69. The zero-order chi connectivity index (χ0) is 13.6. The molecule has 0 atom stereocenters. The molecule has 1 heterocycles. The first-order valence-corrected chi connectivity index (χ1v) is 6.60. The van der Waals surface area contributed by atoms with Gasteiger partial charge in [-0.15, -0.1) is 0 Å². The summed E-state index contributed by atoms with van der Waals surface area (Å²) in [4.78, 5) is 4.26. The summed E-state index contributed by atoms with van der Waals surface area (Å²) >= 11 is 0. The summed E-state index contributed by atoms with van der Waals surface area (Å²) in [7, 11) is 0. The minimum atomic E-state index is -0.101. The summed E-state index contributed by atoms with van der Waals surface area (Å²) in [6.07, 6.45) is 1.60. The number of nitrogens with one attached hydrogen (secondary N) is 1. The van der Waals surface area contributed by atoms with Crippen molar-refractivity contribution in [2.45, 2.75) is 53.3 Å². The van der Waals surface area contributed by atoms with E-state index in [1.807, 2.05) is 4.68 Å². The van der Waals surface area contributed by atoms with Crippen LogP contribution in [0.1, 0.15) is 40.4 Å². The SMILES string of the molecule is CC(C)CNCc1ncnn1CCOC(C)(C)C. The van der Waals surface area contributed by atoms with Gasteiger partial charge in [0.2, 0.25) is 0 Å². The molecule has 0 radical (unpaired) electrons. The van der Waals surface area contributed by atoms with E-state index in [2.05, 4.69) is 50.0 Å². The lowest BCUT2D eigenvalue weighted by Crippen LogP contribution is -2.25. The Balaban J connectivity index is 2.35. The number of aromatic nitrogens is 3. The average Bonchev–Trinajstić information content (AvgIpc) is 2.63. The van der Waals surface area contributed by atoms with E-state index in [0.717, 1.165) is 25.5 Å². The van der Waals surface area contributed by atoms with Crippen LogP contribution in [0.3, 0.4) is 0 Å². The van der Waals surface area contributed by atoms with Crippen molar-refractivity contribution >= 4 is 0 Å².